The molecule has 0 aliphatic rings. The minimum absolute atomic E-state index is 0.0127. The SMILES string of the molecule is CC(C)(C)c1ccc(C(=O)c2cnc3ccccc3c2)cc1. The fraction of sp³-hybridized carbons (Fsp3) is 0.200. The molecular weight excluding hydrogens is 270 g/mol. The maximum Gasteiger partial charge on any atom is 0.194 e. The quantitative estimate of drug-likeness (QED) is 0.636. The van der Waals surface area contributed by atoms with Gasteiger partial charge in [-0.15, -0.1) is 0 Å². The molecule has 0 N–H and O–H groups in total. The number of benzene rings is 2. The predicted molar refractivity (Wildman–Crippen MR) is 90.3 cm³/mol. The largest absolute Gasteiger partial charge is 0.289 e. The van der Waals surface area contributed by atoms with Gasteiger partial charge in [-0.25, -0.2) is 0 Å². The van der Waals surface area contributed by atoms with Crippen LogP contribution in [0.2, 0.25) is 0 Å². The predicted octanol–water partition coefficient (Wildman–Crippen LogP) is 4.76. The first-order valence-electron chi connectivity index (χ1n) is 7.45. The zero-order chi connectivity index (χ0) is 15.7. The van der Waals surface area contributed by atoms with Crippen molar-refractivity contribution in [2.45, 2.75) is 26.2 Å². The van der Waals surface area contributed by atoms with Crippen LogP contribution in [0.3, 0.4) is 0 Å². The third-order valence-corrected chi connectivity index (χ3v) is 3.87. The van der Waals surface area contributed by atoms with Crippen molar-refractivity contribution in [3.05, 3.63) is 77.5 Å². The number of carbonyl (C=O) groups is 1. The van der Waals surface area contributed by atoms with Gasteiger partial charge in [0.2, 0.25) is 0 Å². The number of fused-ring (bicyclic) bond motifs is 1. The van der Waals surface area contributed by atoms with Gasteiger partial charge in [0.15, 0.2) is 5.78 Å². The van der Waals surface area contributed by atoms with Crippen molar-refractivity contribution in [1.29, 1.82) is 0 Å². The van der Waals surface area contributed by atoms with Crippen molar-refractivity contribution in [3.63, 3.8) is 0 Å². The van der Waals surface area contributed by atoms with Crippen LogP contribution in [0.25, 0.3) is 10.9 Å². The van der Waals surface area contributed by atoms with E-state index in [4.69, 9.17) is 0 Å². The summed E-state index contributed by atoms with van der Waals surface area (Å²) in [5.41, 5.74) is 3.54. The fourth-order valence-corrected chi connectivity index (χ4v) is 2.48. The first-order valence-corrected chi connectivity index (χ1v) is 7.45. The topological polar surface area (TPSA) is 30.0 Å². The number of pyridine rings is 1. The Hall–Kier alpha value is -2.48. The second-order valence-electron chi connectivity index (χ2n) is 6.57. The van der Waals surface area contributed by atoms with Crippen LogP contribution in [0.1, 0.15) is 42.3 Å². The molecule has 3 aromatic rings. The van der Waals surface area contributed by atoms with E-state index in [1.54, 1.807) is 6.20 Å². The van der Waals surface area contributed by atoms with E-state index >= 15 is 0 Å². The van der Waals surface area contributed by atoms with Gasteiger partial charge in [0.1, 0.15) is 0 Å². The zero-order valence-corrected chi connectivity index (χ0v) is 13.1. The lowest BCUT2D eigenvalue weighted by Gasteiger charge is -2.19. The molecule has 0 radical (unpaired) electrons. The molecule has 1 heterocycles. The van der Waals surface area contributed by atoms with E-state index < -0.39 is 0 Å². The molecule has 2 aromatic carbocycles. The summed E-state index contributed by atoms with van der Waals surface area (Å²) < 4.78 is 0. The molecular formula is C20H19NO. The number of para-hydroxylation sites is 1. The Morgan fingerprint density at radius 3 is 2.27 bits per heavy atom. The van der Waals surface area contributed by atoms with Gasteiger partial charge >= 0.3 is 0 Å². The Labute approximate surface area is 130 Å². The van der Waals surface area contributed by atoms with Crippen LogP contribution in [0, 0.1) is 0 Å². The van der Waals surface area contributed by atoms with Crippen molar-refractivity contribution in [3.8, 4) is 0 Å². The number of ketones is 1. The van der Waals surface area contributed by atoms with Crippen LogP contribution in [0.15, 0.2) is 60.8 Å². The molecule has 0 saturated carbocycles. The summed E-state index contributed by atoms with van der Waals surface area (Å²) in [7, 11) is 0. The second kappa shape index (κ2) is 5.38. The van der Waals surface area contributed by atoms with Crippen LogP contribution in [-0.4, -0.2) is 10.8 Å². The van der Waals surface area contributed by atoms with Crippen LogP contribution < -0.4 is 0 Å². The summed E-state index contributed by atoms with van der Waals surface area (Å²) in [6.45, 7) is 6.49. The molecule has 0 bridgehead atoms. The highest BCUT2D eigenvalue weighted by atomic mass is 16.1. The summed E-state index contributed by atoms with van der Waals surface area (Å²) in [6.07, 6.45) is 1.66. The average Bonchev–Trinajstić information content (AvgIpc) is 2.53. The monoisotopic (exact) mass is 289 g/mol. The lowest BCUT2D eigenvalue weighted by molar-refractivity contribution is 0.103. The normalized spacial score (nSPS) is 11.6. The Morgan fingerprint density at radius 2 is 1.59 bits per heavy atom. The average molecular weight is 289 g/mol. The Morgan fingerprint density at radius 1 is 0.909 bits per heavy atom. The van der Waals surface area contributed by atoms with E-state index in [2.05, 4.69) is 25.8 Å². The van der Waals surface area contributed by atoms with Crippen molar-refractivity contribution < 1.29 is 4.79 Å². The van der Waals surface area contributed by atoms with Gasteiger partial charge < -0.3 is 0 Å². The Bertz CT molecular complexity index is 826. The molecule has 3 rings (SSSR count). The fourth-order valence-electron chi connectivity index (χ4n) is 2.48. The third-order valence-electron chi connectivity index (χ3n) is 3.87. The van der Waals surface area contributed by atoms with Gasteiger partial charge in [-0.2, -0.15) is 0 Å². The molecule has 0 unspecified atom stereocenters. The molecule has 0 aliphatic heterocycles. The molecule has 1 aromatic heterocycles. The number of rotatable bonds is 2. The van der Waals surface area contributed by atoms with E-state index in [1.807, 2.05) is 54.6 Å². The van der Waals surface area contributed by atoms with E-state index in [0.29, 0.717) is 11.1 Å². The molecule has 0 aliphatic carbocycles. The summed E-state index contributed by atoms with van der Waals surface area (Å²) >= 11 is 0. The summed E-state index contributed by atoms with van der Waals surface area (Å²) in [5, 5.41) is 0.986. The van der Waals surface area contributed by atoms with E-state index in [0.717, 1.165) is 10.9 Å². The van der Waals surface area contributed by atoms with E-state index in [1.165, 1.54) is 5.56 Å². The number of hydrogen-bond acceptors (Lipinski definition) is 2. The maximum atomic E-state index is 12.6. The molecule has 0 amide bonds. The molecule has 110 valence electrons. The van der Waals surface area contributed by atoms with Gasteiger partial charge in [-0.3, -0.25) is 9.78 Å². The molecule has 0 spiro atoms. The summed E-state index contributed by atoms with van der Waals surface area (Å²) in [6, 6.07) is 17.6. The number of aromatic nitrogens is 1. The number of hydrogen-bond donors (Lipinski definition) is 0. The number of carbonyl (C=O) groups excluding carboxylic acids is 1. The highest BCUT2D eigenvalue weighted by molar-refractivity contribution is 6.10. The van der Waals surface area contributed by atoms with Crippen LogP contribution in [0.4, 0.5) is 0 Å². The van der Waals surface area contributed by atoms with Crippen molar-refractivity contribution in [2.24, 2.45) is 0 Å². The number of nitrogens with zero attached hydrogens (tertiary/aromatic N) is 1. The van der Waals surface area contributed by atoms with Gasteiger partial charge in [-0.1, -0.05) is 63.2 Å². The maximum absolute atomic E-state index is 12.6. The smallest absolute Gasteiger partial charge is 0.194 e. The molecule has 2 nitrogen and oxygen atoms in total. The highest BCUT2D eigenvalue weighted by Gasteiger charge is 2.15. The molecule has 2 heteroatoms. The van der Waals surface area contributed by atoms with Crippen LogP contribution in [-0.2, 0) is 5.41 Å². The van der Waals surface area contributed by atoms with Crippen LogP contribution >= 0.6 is 0 Å². The van der Waals surface area contributed by atoms with Gasteiger partial charge in [0.25, 0.3) is 0 Å². The van der Waals surface area contributed by atoms with Crippen molar-refractivity contribution in [2.75, 3.05) is 0 Å². The summed E-state index contributed by atoms with van der Waals surface area (Å²) in [5.74, 6) is 0.0127. The lowest BCUT2D eigenvalue weighted by atomic mass is 9.86. The standard InChI is InChI=1S/C20H19NO/c1-20(2,3)17-10-8-14(9-11-17)19(22)16-12-15-6-4-5-7-18(15)21-13-16/h4-13H,1-3H3. The van der Waals surface area contributed by atoms with E-state index in [-0.39, 0.29) is 11.2 Å². The van der Waals surface area contributed by atoms with Crippen molar-refractivity contribution >= 4 is 16.7 Å². The molecule has 0 saturated heterocycles. The zero-order valence-electron chi connectivity index (χ0n) is 13.1. The first kappa shape index (κ1) is 14.5. The second-order valence-corrected chi connectivity index (χ2v) is 6.57. The first-order chi connectivity index (χ1) is 10.4. The Kier molecular flexibility index (Phi) is 3.53. The van der Waals surface area contributed by atoms with E-state index in [9.17, 15) is 4.79 Å². The van der Waals surface area contributed by atoms with Gasteiger partial charge in [0, 0.05) is 22.7 Å². The minimum atomic E-state index is 0.0127. The third kappa shape index (κ3) is 2.77. The molecule has 0 atom stereocenters. The highest BCUT2D eigenvalue weighted by Crippen LogP contribution is 2.23. The van der Waals surface area contributed by atoms with Crippen molar-refractivity contribution in [1.82, 2.24) is 4.98 Å². The molecule has 22 heavy (non-hydrogen) atoms. The minimum Gasteiger partial charge on any atom is -0.289 e. The summed E-state index contributed by atoms with van der Waals surface area (Å²) in [4.78, 5) is 17.0. The molecule has 0 fully saturated rings. The van der Waals surface area contributed by atoms with Gasteiger partial charge in [0.05, 0.1) is 5.52 Å². The van der Waals surface area contributed by atoms with Gasteiger partial charge in [-0.05, 0) is 23.1 Å². The lowest BCUT2D eigenvalue weighted by Crippen LogP contribution is -2.11. The Balaban J connectivity index is 1.95. The van der Waals surface area contributed by atoms with Crippen LogP contribution in [0.5, 0.6) is 0 Å².